The summed E-state index contributed by atoms with van der Waals surface area (Å²) < 4.78 is 26.3. The second-order valence-electron chi connectivity index (χ2n) is 5.35. The van der Waals surface area contributed by atoms with Crippen molar-refractivity contribution in [2.24, 2.45) is 5.92 Å². The van der Waals surface area contributed by atoms with Crippen molar-refractivity contribution in [2.45, 2.75) is 32.2 Å². The fourth-order valence-electron chi connectivity index (χ4n) is 2.70. The van der Waals surface area contributed by atoms with Crippen molar-refractivity contribution in [3.05, 3.63) is 30.1 Å². The molecule has 112 valence electrons. The lowest BCUT2D eigenvalue weighted by Crippen LogP contribution is -2.36. The molecule has 0 radical (unpaired) electrons. The van der Waals surface area contributed by atoms with Gasteiger partial charge in [0.2, 0.25) is 10.0 Å². The van der Waals surface area contributed by atoms with E-state index in [1.54, 1.807) is 18.5 Å². The molecule has 5 nitrogen and oxygen atoms in total. The van der Waals surface area contributed by atoms with E-state index in [9.17, 15) is 8.42 Å². The van der Waals surface area contributed by atoms with Crippen molar-refractivity contribution in [3.63, 3.8) is 0 Å². The van der Waals surface area contributed by atoms with Crippen molar-refractivity contribution in [2.75, 3.05) is 18.9 Å². The van der Waals surface area contributed by atoms with Crippen molar-refractivity contribution in [1.29, 1.82) is 0 Å². The van der Waals surface area contributed by atoms with E-state index >= 15 is 0 Å². The summed E-state index contributed by atoms with van der Waals surface area (Å²) in [5, 5.41) is 9.12. The summed E-state index contributed by atoms with van der Waals surface area (Å²) in [5.74, 6) is 0.475. The van der Waals surface area contributed by atoms with Crippen LogP contribution in [0.5, 0.6) is 0 Å². The van der Waals surface area contributed by atoms with Crippen LogP contribution in [0.1, 0.15) is 31.2 Å². The van der Waals surface area contributed by atoms with Crippen LogP contribution in [0.15, 0.2) is 24.5 Å². The predicted molar refractivity (Wildman–Crippen MR) is 77.5 cm³/mol. The Morgan fingerprint density at radius 1 is 1.35 bits per heavy atom. The van der Waals surface area contributed by atoms with E-state index in [0.29, 0.717) is 0 Å². The molecule has 0 aromatic carbocycles. The third kappa shape index (κ3) is 4.26. The third-order valence-corrected chi connectivity index (χ3v) is 5.74. The van der Waals surface area contributed by atoms with Crippen molar-refractivity contribution in [1.82, 2.24) is 9.29 Å². The number of hydrogen-bond donors (Lipinski definition) is 1. The van der Waals surface area contributed by atoms with E-state index in [2.05, 4.69) is 4.98 Å². The Morgan fingerprint density at radius 3 is 2.70 bits per heavy atom. The van der Waals surface area contributed by atoms with Gasteiger partial charge in [-0.1, -0.05) is 18.9 Å². The van der Waals surface area contributed by atoms with Gasteiger partial charge in [-0.2, -0.15) is 4.31 Å². The highest BCUT2D eigenvalue weighted by atomic mass is 32.2. The molecule has 1 N–H and O–H groups in total. The summed E-state index contributed by atoms with van der Waals surface area (Å²) in [5.41, 5.74) is 0.843. The maximum atomic E-state index is 12.5. The second kappa shape index (κ2) is 7.15. The van der Waals surface area contributed by atoms with Gasteiger partial charge in [0, 0.05) is 25.5 Å². The highest BCUT2D eigenvalue weighted by Crippen LogP contribution is 2.27. The molecule has 6 heteroatoms. The first kappa shape index (κ1) is 15.4. The van der Waals surface area contributed by atoms with Crippen LogP contribution in [0.4, 0.5) is 0 Å². The van der Waals surface area contributed by atoms with Gasteiger partial charge in [-0.25, -0.2) is 8.42 Å². The van der Waals surface area contributed by atoms with Crippen LogP contribution in [-0.4, -0.2) is 41.7 Å². The van der Waals surface area contributed by atoms with Crippen LogP contribution in [0.3, 0.4) is 0 Å². The molecule has 0 amide bonds. The molecule has 0 aliphatic heterocycles. The molecule has 1 aliphatic rings. The summed E-state index contributed by atoms with van der Waals surface area (Å²) in [7, 11) is -3.32. The van der Waals surface area contributed by atoms with Gasteiger partial charge >= 0.3 is 0 Å². The molecular weight excluding hydrogens is 276 g/mol. The molecule has 0 unspecified atom stereocenters. The monoisotopic (exact) mass is 298 g/mol. The summed E-state index contributed by atoms with van der Waals surface area (Å²) in [4.78, 5) is 4.00. The number of pyridine rings is 1. The second-order valence-corrected chi connectivity index (χ2v) is 7.36. The number of rotatable bonds is 7. The lowest BCUT2D eigenvalue weighted by atomic mass is 10.1. The number of sulfonamides is 1. The number of nitrogens with zero attached hydrogens (tertiary/aromatic N) is 2. The summed E-state index contributed by atoms with van der Waals surface area (Å²) in [6.07, 6.45) is 7.58. The molecule has 0 spiro atoms. The van der Waals surface area contributed by atoms with Crippen molar-refractivity contribution < 1.29 is 13.5 Å². The zero-order valence-electron chi connectivity index (χ0n) is 11.6. The smallest absolute Gasteiger partial charge is 0.214 e. The van der Waals surface area contributed by atoms with Gasteiger partial charge in [-0.15, -0.1) is 0 Å². The van der Waals surface area contributed by atoms with Gasteiger partial charge in [0.25, 0.3) is 0 Å². The zero-order chi connectivity index (χ0) is 14.4. The molecule has 0 atom stereocenters. The quantitative estimate of drug-likeness (QED) is 0.826. The van der Waals surface area contributed by atoms with Crippen LogP contribution in [0.25, 0.3) is 0 Å². The Hall–Kier alpha value is -0.980. The van der Waals surface area contributed by atoms with E-state index in [1.807, 2.05) is 6.07 Å². The van der Waals surface area contributed by atoms with Crippen molar-refractivity contribution >= 4 is 10.0 Å². The minimum absolute atomic E-state index is 0.143. The molecule has 1 aromatic heterocycles. The number of hydrogen-bond acceptors (Lipinski definition) is 4. The molecule has 1 heterocycles. The zero-order valence-corrected chi connectivity index (χ0v) is 12.4. The molecule has 1 saturated carbocycles. The predicted octanol–water partition coefficient (Wildman–Crippen LogP) is 1.40. The highest BCUT2D eigenvalue weighted by Gasteiger charge is 2.27. The van der Waals surface area contributed by atoms with Gasteiger partial charge in [0.05, 0.1) is 12.4 Å². The maximum absolute atomic E-state index is 12.5. The highest BCUT2D eigenvalue weighted by molar-refractivity contribution is 7.89. The number of aliphatic hydroxyl groups is 1. The molecule has 2 rings (SSSR count). The largest absolute Gasteiger partial charge is 0.395 e. The average molecular weight is 298 g/mol. The van der Waals surface area contributed by atoms with E-state index < -0.39 is 10.0 Å². The van der Waals surface area contributed by atoms with Gasteiger partial charge in [-0.3, -0.25) is 4.98 Å². The Labute approximate surface area is 120 Å². The van der Waals surface area contributed by atoms with Crippen LogP contribution < -0.4 is 0 Å². The summed E-state index contributed by atoms with van der Waals surface area (Å²) >= 11 is 0. The number of aromatic nitrogens is 1. The lowest BCUT2D eigenvalue weighted by molar-refractivity contribution is 0.250. The van der Waals surface area contributed by atoms with Crippen molar-refractivity contribution in [3.8, 4) is 0 Å². The molecule has 0 saturated heterocycles. The molecule has 0 bridgehead atoms. The topological polar surface area (TPSA) is 70.5 Å². The average Bonchev–Trinajstić information content (AvgIpc) is 2.91. The normalized spacial score (nSPS) is 16.9. The van der Waals surface area contributed by atoms with E-state index in [4.69, 9.17) is 5.11 Å². The van der Waals surface area contributed by atoms with Gasteiger partial charge in [0.15, 0.2) is 0 Å². The Balaban J connectivity index is 2.06. The standard InChI is InChI=1S/C14H22N2O3S/c17-9-8-16(11-14-6-3-7-15-10-14)20(18,19)12-13-4-1-2-5-13/h3,6-7,10,13,17H,1-2,4-5,8-9,11-12H2. The molecule has 1 aliphatic carbocycles. The third-order valence-electron chi connectivity index (χ3n) is 3.75. The maximum Gasteiger partial charge on any atom is 0.214 e. The Kier molecular flexibility index (Phi) is 5.51. The molecule has 1 aromatic rings. The Bertz CT molecular complexity index is 498. The fourth-order valence-corrected chi connectivity index (χ4v) is 4.55. The first-order chi connectivity index (χ1) is 9.62. The van der Waals surface area contributed by atoms with E-state index in [0.717, 1.165) is 31.2 Å². The SMILES string of the molecule is O=S(=O)(CC1CCCC1)N(CCO)Cc1cccnc1. The summed E-state index contributed by atoms with van der Waals surface area (Å²) in [6, 6.07) is 3.64. The van der Waals surface area contributed by atoms with E-state index in [1.165, 1.54) is 4.31 Å². The van der Waals surface area contributed by atoms with Gasteiger partial charge in [-0.05, 0) is 30.4 Å². The van der Waals surface area contributed by atoms with Gasteiger partial charge < -0.3 is 5.11 Å². The minimum Gasteiger partial charge on any atom is -0.395 e. The van der Waals surface area contributed by atoms with Crippen LogP contribution >= 0.6 is 0 Å². The fraction of sp³-hybridized carbons (Fsp3) is 0.643. The van der Waals surface area contributed by atoms with Gasteiger partial charge in [0.1, 0.15) is 0 Å². The molecular formula is C14H22N2O3S. The van der Waals surface area contributed by atoms with Crippen LogP contribution in [-0.2, 0) is 16.6 Å². The minimum atomic E-state index is -3.32. The van der Waals surface area contributed by atoms with E-state index in [-0.39, 0.29) is 31.4 Å². The van der Waals surface area contributed by atoms with Crippen LogP contribution in [0.2, 0.25) is 0 Å². The Morgan fingerprint density at radius 2 is 2.10 bits per heavy atom. The van der Waals surface area contributed by atoms with Crippen LogP contribution in [0, 0.1) is 5.92 Å². The molecule has 20 heavy (non-hydrogen) atoms. The first-order valence-electron chi connectivity index (χ1n) is 7.09. The first-order valence-corrected chi connectivity index (χ1v) is 8.70. The summed E-state index contributed by atoms with van der Waals surface area (Å²) in [6.45, 7) is 0.261. The number of aliphatic hydroxyl groups excluding tert-OH is 1. The molecule has 1 fully saturated rings. The lowest BCUT2D eigenvalue weighted by Gasteiger charge is -2.23.